The molecule has 18 heavy (non-hydrogen) atoms. The van der Waals surface area contributed by atoms with Crippen LogP contribution >= 0.6 is 11.5 Å². The highest BCUT2D eigenvalue weighted by Crippen LogP contribution is 2.22. The highest BCUT2D eigenvalue weighted by atomic mass is 32.1. The Balaban J connectivity index is 2.37. The number of aryl methyl sites for hydroxylation is 1. The molecular formula is C12H11FN2O2S. The van der Waals surface area contributed by atoms with Crippen LogP contribution in [-0.2, 0) is 6.42 Å². The number of ether oxygens (including phenoxy) is 1. The molecule has 1 aromatic carbocycles. The van der Waals surface area contributed by atoms with Gasteiger partial charge >= 0.3 is 0 Å². The maximum absolute atomic E-state index is 13.5. The number of ketones is 1. The van der Waals surface area contributed by atoms with Gasteiger partial charge in [0.1, 0.15) is 4.88 Å². The van der Waals surface area contributed by atoms with Gasteiger partial charge in [-0.15, -0.1) is 5.10 Å². The standard InChI is InChI=1S/C12H11FN2O2S/c1-3-9-12(18-15-14-9)11(16)7-4-5-10(17-2)8(13)6-7/h4-6H,3H2,1-2H3. The van der Waals surface area contributed by atoms with E-state index < -0.39 is 5.82 Å². The van der Waals surface area contributed by atoms with Crippen LogP contribution in [0.5, 0.6) is 5.75 Å². The van der Waals surface area contributed by atoms with Gasteiger partial charge in [-0.1, -0.05) is 11.4 Å². The molecule has 0 atom stereocenters. The normalized spacial score (nSPS) is 10.4. The SMILES string of the molecule is CCc1nnsc1C(=O)c1ccc(OC)c(F)c1. The van der Waals surface area contributed by atoms with Crippen molar-refractivity contribution in [2.45, 2.75) is 13.3 Å². The average molecular weight is 266 g/mol. The molecule has 0 aliphatic carbocycles. The van der Waals surface area contributed by atoms with E-state index in [-0.39, 0.29) is 17.1 Å². The molecule has 0 fully saturated rings. The van der Waals surface area contributed by atoms with E-state index in [1.165, 1.54) is 25.3 Å². The van der Waals surface area contributed by atoms with E-state index in [0.717, 1.165) is 11.5 Å². The van der Waals surface area contributed by atoms with Crippen LogP contribution in [0, 0.1) is 5.82 Å². The molecule has 0 unspecified atom stereocenters. The van der Waals surface area contributed by atoms with Crippen molar-refractivity contribution in [1.29, 1.82) is 0 Å². The fourth-order valence-corrected chi connectivity index (χ4v) is 2.26. The molecule has 2 aromatic rings. The van der Waals surface area contributed by atoms with Crippen LogP contribution in [0.25, 0.3) is 0 Å². The second-order valence-corrected chi connectivity index (χ2v) is 4.33. The largest absolute Gasteiger partial charge is 0.494 e. The monoisotopic (exact) mass is 266 g/mol. The van der Waals surface area contributed by atoms with E-state index in [1.807, 2.05) is 6.92 Å². The van der Waals surface area contributed by atoms with Crippen molar-refractivity contribution < 1.29 is 13.9 Å². The molecule has 0 spiro atoms. The van der Waals surface area contributed by atoms with Crippen molar-refractivity contribution >= 4 is 17.3 Å². The van der Waals surface area contributed by atoms with E-state index in [0.29, 0.717) is 17.0 Å². The Morgan fingerprint density at radius 3 is 2.89 bits per heavy atom. The first-order valence-corrected chi connectivity index (χ1v) is 6.14. The minimum atomic E-state index is -0.557. The molecule has 4 nitrogen and oxygen atoms in total. The van der Waals surface area contributed by atoms with Gasteiger partial charge < -0.3 is 4.74 Å². The topological polar surface area (TPSA) is 52.1 Å². The van der Waals surface area contributed by atoms with Crippen molar-refractivity contribution in [2.24, 2.45) is 0 Å². The zero-order valence-corrected chi connectivity index (χ0v) is 10.8. The van der Waals surface area contributed by atoms with Crippen LogP contribution in [0.15, 0.2) is 18.2 Å². The lowest BCUT2D eigenvalue weighted by Gasteiger charge is -2.04. The van der Waals surface area contributed by atoms with Gasteiger partial charge in [0.25, 0.3) is 0 Å². The Kier molecular flexibility index (Phi) is 3.66. The van der Waals surface area contributed by atoms with Gasteiger partial charge in [0.15, 0.2) is 11.6 Å². The molecule has 1 aromatic heterocycles. The summed E-state index contributed by atoms with van der Waals surface area (Å²) < 4.78 is 22.1. The number of benzene rings is 1. The summed E-state index contributed by atoms with van der Waals surface area (Å²) >= 11 is 1.03. The van der Waals surface area contributed by atoms with E-state index in [9.17, 15) is 9.18 Å². The Morgan fingerprint density at radius 1 is 1.50 bits per heavy atom. The van der Waals surface area contributed by atoms with Gasteiger partial charge in [-0.25, -0.2) is 4.39 Å². The molecule has 0 radical (unpaired) electrons. The quantitative estimate of drug-likeness (QED) is 0.798. The molecule has 0 saturated heterocycles. The molecule has 0 N–H and O–H groups in total. The van der Waals surface area contributed by atoms with E-state index >= 15 is 0 Å². The molecular weight excluding hydrogens is 255 g/mol. The van der Waals surface area contributed by atoms with Gasteiger partial charge in [-0.3, -0.25) is 4.79 Å². The Morgan fingerprint density at radius 2 is 2.28 bits per heavy atom. The summed E-state index contributed by atoms with van der Waals surface area (Å²) in [7, 11) is 1.38. The maximum atomic E-state index is 13.5. The molecule has 0 amide bonds. The smallest absolute Gasteiger partial charge is 0.206 e. The van der Waals surface area contributed by atoms with E-state index in [4.69, 9.17) is 4.74 Å². The number of aromatic nitrogens is 2. The Bertz CT molecular complexity index is 583. The third-order valence-corrected chi connectivity index (χ3v) is 3.28. The zero-order valence-electron chi connectivity index (χ0n) is 9.94. The summed E-state index contributed by atoms with van der Waals surface area (Å²) in [6, 6.07) is 4.13. The van der Waals surface area contributed by atoms with E-state index in [2.05, 4.69) is 9.59 Å². The number of hydrogen-bond acceptors (Lipinski definition) is 5. The van der Waals surface area contributed by atoms with Crippen LogP contribution in [0.4, 0.5) is 4.39 Å². The number of halogens is 1. The first-order valence-electron chi connectivity index (χ1n) is 5.36. The minimum Gasteiger partial charge on any atom is -0.494 e. The van der Waals surface area contributed by atoms with Gasteiger partial charge in [-0.05, 0) is 36.2 Å². The molecule has 1 heterocycles. The number of hydrogen-bond donors (Lipinski definition) is 0. The number of nitrogens with zero attached hydrogens (tertiary/aromatic N) is 2. The average Bonchev–Trinajstić information content (AvgIpc) is 2.86. The summed E-state index contributed by atoms with van der Waals surface area (Å²) in [5.41, 5.74) is 0.912. The van der Waals surface area contributed by atoms with Crippen LogP contribution in [-0.4, -0.2) is 22.5 Å². The van der Waals surface area contributed by atoms with Gasteiger partial charge in [0.05, 0.1) is 12.8 Å². The second kappa shape index (κ2) is 5.22. The molecule has 0 saturated carbocycles. The molecule has 0 aliphatic rings. The fraction of sp³-hybridized carbons (Fsp3) is 0.250. The zero-order chi connectivity index (χ0) is 13.1. The van der Waals surface area contributed by atoms with Crippen LogP contribution in [0.2, 0.25) is 0 Å². The predicted octanol–water partition coefficient (Wildman–Crippen LogP) is 2.48. The van der Waals surface area contributed by atoms with Gasteiger partial charge in [-0.2, -0.15) is 0 Å². The van der Waals surface area contributed by atoms with Gasteiger partial charge in [0.2, 0.25) is 5.78 Å². The van der Waals surface area contributed by atoms with Crippen molar-refractivity contribution in [2.75, 3.05) is 7.11 Å². The van der Waals surface area contributed by atoms with Gasteiger partial charge in [0, 0.05) is 5.56 Å². The molecule has 6 heteroatoms. The van der Waals surface area contributed by atoms with Crippen molar-refractivity contribution in [3.05, 3.63) is 40.2 Å². The van der Waals surface area contributed by atoms with Crippen LogP contribution in [0.3, 0.4) is 0 Å². The Labute approximate surface area is 108 Å². The fourth-order valence-electron chi connectivity index (χ4n) is 1.55. The highest BCUT2D eigenvalue weighted by Gasteiger charge is 2.18. The van der Waals surface area contributed by atoms with Crippen molar-refractivity contribution in [3.8, 4) is 5.75 Å². The maximum Gasteiger partial charge on any atom is 0.206 e. The summed E-state index contributed by atoms with van der Waals surface area (Å²) in [6.45, 7) is 1.89. The number of carbonyl (C=O) groups excluding carboxylic acids is 1. The second-order valence-electron chi connectivity index (χ2n) is 3.58. The lowest BCUT2D eigenvalue weighted by Crippen LogP contribution is -2.03. The molecule has 94 valence electrons. The molecule has 2 rings (SSSR count). The van der Waals surface area contributed by atoms with Crippen molar-refractivity contribution in [1.82, 2.24) is 9.59 Å². The lowest BCUT2D eigenvalue weighted by molar-refractivity contribution is 0.104. The third-order valence-electron chi connectivity index (χ3n) is 2.51. The first kappa shape index (κ1) is 12.6. The number of methoxy groups -OCH3 is 1. The summed E-state index contributed by atoms with van der Waals surface area (Å²) in [4.78, 5) is 12.6. The summed E-state index contributed by atoms with van der Waals surface area (Å²) in [6.07, 6.45) is 0.621. The first-order chi connectivity index (χ1) is 8.67. The van der Waals surface area contributed by atoms with Crippen LogP contribution < -0.4 is 4.74 Å². The predicted molar refractivity (Wildman–Crippen MR) is 65.7 cm³/mol. The lowest BCUT2D eigenvalue weighted by atomic mass is 10.1. The number of carbonyl (C=O) groups is 1. The minimum absolute atomic E-state index is 0.115. The van der Waals surface area contributed by atoms with Crippen molar-refractivity contribution in [3.63, 3.8) is 0 Å². The molecule has 0 bridgehead atoms. The third kappa shape index (κ3) is 2.24. The summed E-state index contributed by atoms with van der Waals surface area (Å²) in [5, 5.41) is 3.87. The highest BCUT2D eigenvalue weighted by molar-refractivity contribution is 7.08. The summed E-state index contributed by atoms with van der Waals surface area (Å²) in [5.74, 6) is -0.702. The Hall–Kier alpha value is -1.82. The molecule has 0 aliphatic heterocycles. The van der Waals surface area contributed by atoms with E-state index in [1.54, 1.807) is 0 Å². The number of rotatable bonds is 4. The van der Waals surface area contributed by atoms with Crippen LogP contribution in [0.1, 0.15) is 27.9 Å².